The van der Waals surface area contributed by atoms with Gasteiger partial charge in [0, 0.05) is 12.2 Å². The van der Waals surface area contributed by atoms with Crippen LogP contribution in [0.3, 0.4) is 0 Å². The summed E-state index contributed by atoms with van der Waals surface area (Å²) in [4.78, 5) is 18.8. The molecule has 0 aromatic carbocycles. The van der Waals surface area contributed by atoms with Crippen molar-refractivity contribution in [3.63, 3.8) is 0 Å². The number of carbonyl (C=O) groups is 2. The van der Waals surface area contributed by atoms with Gasteiger partial charge in [-0.05, 0) is 0 Å². The van der Waals surface area contributed by atoms with Gasteiger partial charge in [-0.2, -0.15) is 0 Å². The van der Waals surface area contributed by atoms with E-state index in [0.717, 1.165) is 0 Å². The minimum absolute atomic E-state index is 0.384. The van der Waals surface area contributed by atoms with Crippen LogP contribution in [0.1, 0.15) is 0 Å². The molecule has 0 fully saturated rings. The molecule has 0 aliphatic carbocycles. The van der Waals surface area contributed by atoms with Gasteiger partial charge >= 0.3 is 11.9 Å². The topological polar surface area (TPSA) is 73.9 Å². The Hall–Kier alpha value is -1.32. The van der Waals surface area contributed by atoms with Crippen LogP contribution < -0.4 is 0 Å². The number of hydrogen-bond acceptors (Lipinski definition) is 2. The summed E-state index contributed by atoms with van der Waals surface area (Å²) in [7, 11) is 0. The molecule has 0 heterocycles. The summed E-state index contributed by atoms with van der Waals surface area (Å²) in [5, 5.41) is 18.8. The van der Waals surface area contributed by atoms with Crippen LogP contribution in [0.15, 0.2) is 12.2 Å². The molecule has 0 rings (SSSR count). The molecule has 0 aliphatic heterocycles. The van der Waals surface area contributed by atoms with Crippen LogP contribution in [0.2, 0.25) is 0 Å². The zero-order valence-corrected chi connectivity index (χ0v) is 3.79. The van der Waals surface area contributed by atoms with Gasteiger partial charge in [-0.25, -0.2) is 19.8 Å². The summed E-state index contributed by atoms with van der Waals surface area (Å²) < 4.78 is 0. The lowest BCUT2D eigenvalue weighted by Crippen LogP contribution is -1.88. The van der Waals surface area contributed by atoms with Gasteiger partial charge in [0.2, 0.25) is 0 Å². The molecule has 4 heteroatoms. The van der Waals surface area contributed by atoms with Crippen molar-refractivity contribution in [1.82, 2.24) is 0 Å². The Balaban J connectivity index is 3.67. The zero-order chi connectivity index (χ0) is 6.57. The van der Waals surface area contributed by atoms with Crippen molar-refractivity contribution in [2.45, 2.75) is 0 Å². The van der Waals surface area contributed by atoms with Crippen molar-refractivity contribution >= 4 is 11.9 Å². The molecule has 0 saturated carbocycles. The molecule has 4 nitrogen and oxygen atoms in total. The Morgan fingerprint density at radius 1 is 0.875 bits per heavy atom. The lowest BCUT2D eigenvalue weighted by molar-refractivity contribution is -0.140. The number of rotatable bonds is 2. The summed E-state index contributed by atoms with van der Waals surface area (Å²) in [5.41, 5.74) is 0. The Labute approximate surface area is 45.1 Å². The normalized spacial score (nSPS) is 9.50. The second-order valence-electron chi connectivity index (χ2n) is 0.971. The van der Waals surface area contributed by atoms with Crippen molar-refractivity contribution in [2.75, 3.05) is 0 Å². The summed E-state index contributed by atoms with van der Waals surface area (Å²) in [5.74, 6) is -3.09. The van der Waals surface area contributed by atoms with Crippen LogP contribution in [0.25, 0.3) is 0 Å². The monoisotopic (exact) mass is 114 g/mol. The van der Waals surface area contributed by atoms with E-state index in [1.807, 2.05) is 0 Å². The van der Waals surface area contributed by atoms with E-state index in [4.69, 9.17) is 0 Å². The minimum Gasteiger partial charge on any atom is -0.242 e. The first-order chi connectivity index (χ1) is 3.63. The Morgan fingerprint density at radius 2 is 1.12 bits per heavy atom. The Kier molecular flexibility index (Phi) is 2.33. The fourth-order valence-corrected chi connectivity index (χ4v) is 0.136. The first-order valence-electron chi connectivity index (χ1n) is 1.73. The highest BCUT2D eigenvalue weighted by Gasteiger charge is 1.92. The molecular formula is C4H2O4. The number of carbonyl (C=O) groups excluding carboxylic acids is 2. The Bertz CT molecular complexity index is 119. The third-order valence-corrected chi connectivity index (χ3v) is 0.355. The predicted molar refractivity (Wildman–Crippen MR) is 20.5 cm³/mol. The molecule has 0 aromatic heterocycles. The lowest BCUT2D eigenvalue weighted by Gasteiger charge is -1.67. The third kappa shape index (κ3) is 4.68. The van der Waals surface area contributed by atoms with E-state index in [0.29, 0.717) is 12.2 Å². The molecule has 0 spiro atoms. The van der Waals surface area contributed by atoms with E-state index >= 15 is 0 Å². The van der Waals surface area contributed by atoms with Gasteiger partial charge in [0.15, 0.2) is 0 Å². The van der Waals surface area contributed by atoms with Gasteiger partial charge in [0.25, 0.3) is 0 Å². The molecule has 0 aromatic rings. The molecule has 0 atom stereocenters. The van der Waals surface area contributed by atoms with Gasteiger partial charge in [0.1, 0.15) is 0 Å². The maximum atomic E-state index is 9.41. The van der Waals surface area contributed by atoms with Crippen LogP contribution in [0.4, 0.5) is 0 Å². The fraction of sp³-hybridized carbons (Fsp3) is 0. The largest absolute Gasteiger partial charge is 0.379 e. The molecule has 0 amide bonds. The van der Waals surface area contributed by atoms with Crippen LogP contribution in [0.5, 0.6) is 0 Å². The first kappa shape index (κ1) is 6.68. The van der Waals surface area contributed by atoms with E-state index in [9.17, 15) is 19.8 Å². The van der Waals surface area contributed by atoms with Crippen LogP contribution >= 0.6 is 0 Å². The average Bonchev–Trinajstić information content (AvgIpc) is 1.61. The molecule has 8 heavy (non-hydrogen) atoms. The van der Waals surface area contributed by atoms with Crippen LogP contribution in [0, 0.1) is 0 Å². The van der Waals surface area contributed by atoms with E-state index in [1.165, 1.54) is 0 Å². The molecule has 42 valence electrons. The predicted octanol–water partition coefficient (Wildman–Crippen LogP) is -0.543. The van der Waals surface area contributed by atoms with Gasteiger partial charge in [-0.15, -0.1) is 0 Å². The summed E-state index contributed by atoms with van der Waals surface area (Å²) >= 11 is 0. The maximum Gasteiger partial charge on any atom is 0.379 e. The standard InChI is InChI=1S/C4H2O4/c5-3(6)1-2-4(7)8/h1-2H/b2-1-. The summed E-state index contributed by atoms with van der Waals surface area (Å²) in [6.07, 6.45) is 0.769. The smallest absolute Gasteiger partial charge is 0.242 e. The first-order valence-corrected chi connectivity index (χ1v) is 1.73. The van der Waals surface area contributed by atoms with E-state index < -0.39 is 11.9 Å². The molecule has 0 N–H and O–H groups in total. The van der Waals surface area contributed by atoms with Gasteiger partial charge in [0.05, 0.1) is 0 Å². The van der Waals surface area contributed by atoms with Crippen molar-refractivity contribution < 1.29 is 19.8 Å². The fourth-order valence-electron chi connectivity index (χ4n) is 0.136. The molecule has 0 unspecified atom stereocenters. The zero-order valence-electron chi connectivity index (χ0n) is 3.79. The number of hydrogen-bond donors (Lipinski definition) is 0. The highest BCUT2D eigenvalue weighted by Crippen LogP contribution is 1.72. The van der Waals surface area contributed by atoms with Crippen molar-refractivity contribution in [2.24, 2.45) is 0 Å². The maximum absolute atomic E-state index is 9.41. The lowest BCUT2D eigenvalue weighted by atomic mass is 10.5. The minimum atomic E-state index is -1.55. The molecule has 0 bridgehead atoms. The Morgan fingerprint density at radius 3 is 1.25 bits per heavy atom. The quantitative estimate of drug-likeness (QED) is 0.452. The second-order valence-corrected chi connectivity index (χ2v) is 0.971. The molecule has 2 radical (unpaired) electrons. The van der Waals surface area contributed by atoms with Gasteiger partial charge in [-0.3, -0.25) is 0 Å². The molecule has 0 aliphatic rings. The molecule has 0 saturated heterocycles. The highest BCUT2D eigenvalue weighted by molar-refractivity contribution is 5.89. The second kappa shape index (κ2) is 2.79. The van der Waals surface area contributed by atoms with Gasteiger partial charge < -0.3 is 0 Å². The van der Waals surface area contributed by atoms with E-state index in [2.05, 4.69) is 0 Å². The van der Waals surface area contributed by atoms with Crippen LogP contribution in [-0.4, -0.2) is 11.9 Å². The third-order valence-electron chi connectivity index (χ3n) is 0.355. The highest BCUT2D eigenvalue weighted by atomic mass is 16.4. The average molecular weight is 114 g/mol. The van der Waals surface area contributed by atoms with Crippen molar-refractivity contribution in [1.29, 1.82) is 0 Å². The van der Waals surface area contributed by atoms with E-state index in [-0.39, 0.29) is 0 Å². The van der Waals surface area contributed by atoms with Crippen molar-refractivity contribution in [3.8, 4) is 0 Å². The van der Waals surface area contributed by atoms with Crippen LogP contribution in [-0.2, 0) is 19.8 Å². The SMILES string of the molecule is [O]C(=O)/C=C\C([O])=O. The van der Waals surface area contributed by atoms with E-state index in [1.54, 1.807) is 0 Å². The van der Waals surface area contributed by atoms with Crippen molar-refractivity contribution in [3.05, 3.63) is 12.2 Å². The summed E-state index contributed by atoms with van der Waals surface area (Å²) in [6, 6.07) is 0. The molecular weight excluding hydrogens is 112 g/mol. The van der Waals surface area contributed by atoms with Gasteiger partial charge in [-0.1, -0.05) is 0 Å². The summed E-state index contributed by atoms with van der Waals surface area (Å²) in [6.45, 7) is 0.